The molecule has 1 heterocycles. The highest BCUT2D eigenvalue weighted by molar-refractivity contribution is 5.79. The molecule has 0 saturated carbocycles. The summed E-state index contributed by atoms with van der Waals surface area (Å²) in [6.07, 6.45) is 0. The number of fused-ring (bicyclic) bond motifs is 1. The van der Waals surface area contributed by atoms with E-state index in [-0.39, 0.29) is 12.2 Å². The summed E-state index contributed by atoms with van der Waals surface area (Å²) in [6, 6.07) is 14.4. The van der Waals surface area contributed by atoms with E-state index in [0.29, 0.717) is 30.2 Å². The molecule has 0 amide bonds. The number of hydrogen-bond acceptors (Lipinski definition) is 4. The fraction of sp³-hybridized carbons (Fsp3) is 0.263. The van der Waals surface area contributed by atoms with Gasteiger partial charge in [-0.05, 0) is 38.1 Å². The molecule has 0 atom stereocenters. The zero-order valence-corrected chi connectivity index (χ0v) is 14.3. The van der Waals surface area contributed by atoms with Gasteiger partial charge in [-0.3, -0.25) is 9.13 Å². The first-order chi connectivity index (χ1) is 12.2. The Balaban J connectivity index is 1.89. The lowest BCUT2D eigenvalue weighted by atomic mass is 10.3. The van der Waals surface area contributed by atoms with Crippen LogP contribution in [0, 0.1) is 0 Å². The highest BCUT2D eigenvalue weighted by Crippen LogP contribution is 2.26. The third-order valence-corrected chi connectivity index (χ3v) is 3.90. The first-order valence-electron chi connectivity index (χ1n) is 8.26. The number of benzene rings is 2. The van der Waals surface area contributed by atoms with E-state index in [1.165, 1.54) is 4.57 Å². The van der Waals surface area contributed by atoms with Crippen molar-refractivity contribution in [3.8, 4) is 11.5 Å². The van der Waals surface area contributed by atoms with Crippen molar-refractivity contribution in [1.29, 1.82) is 0 Å². The Morgan fingerprint density at radius 2 is 1.52 bits per heavy atom. The third-order valence-electron chi connectivity index (χ3n) is 3.90. The van der Waals surface area contributed by atoms with Gasteiger partial charge in [0.05, 0.1) is 17.6 Å². The molecule has 0 N–H and O–H groups in total. The Kier molecular flexibility index (Phi) is 4.88. The zero-order valence-electron chi connectivity index (χ0n) is 14.3. The maximum Gasteiger partial charge on any atom is 0.331 e. The maximum absolute atomic E-state index is 12.6. The van der Waals surface area contributed by atoms with Gasteiger partial charge in [0, 0.05) is 6.54 Å². The van der Waals surface area contributed by atoms with Crippen molar-refractivity contribution in [2.24, 2.45) is 0 Å². The molecule has 1 aromatic heterocycles. The molecule has 0 unspecified atom stereocenters. The number of esters is 1. The van der Waals surface area contributed by atoms with E-state index in [0.717, 1.165) is 5.52 Å². The first kappa shape index (κ1) is 16.8. The monoisotopic (exact) mass is 340 g/mol. The normalized spacial score (nSPS) is 10.8. The highest BCUT2D eigenvalue weighted by atomic mass is 16.6. The van der Waals surface area contributed by atoms with Gasteiger partial charge in [0.25, 0.3) is 0 Å². The Hall–Kier alpha value is -3.02. The largest absolute Gasteiger partial charge is 0.490 e. The standard InChI is InChI=1S/C19H20N2O4/c1-3-20-14-9-5-6-10-15(14)21(19(20)23)13-18(22)25-17-12-8-7-11-16(17)24-4-2/h5-12H,3-4,13H2,1-2H3. The number of imidazole rings is 1. The maximum atomic E-state index is 12.6. The van der Waals surface area contributed by atoms with E-state index in [4.69, 9.17) is 9.47 Å². The quantitative estimate of drug-likeness (QED) is 0.511. The zero-order chi connectivity index (χ0) is 17.8. The lowest BCUT2D eigenvalue weighted by molar-refractivity contribution is -0.135. The fourth-order valence-corrected chi connectivity index (χ4v) is 2.82. The predicted molar refractivity (Wildman–Crippen MR) is 95.1 cm³/mol. The number of carbonyl (C=O) groups is 1. The Morgan fingerprint density at radius 3 is 2.16 bits per heavy atom. The minimum absolute atomic E-state index is 0.160. The minimum atomic E-state index is -0.520. The topological polar surface area (TPSA) is 62.5 Å². The molecule has 0 aliphatic heterocycles. The Morgan fingerprint density at radius 1 is 0.920 bits per heavy atom. The number of aryl methyl sites for hydroxylation is 1. The molecule has 25 heavy (non-hydrogen) atoms. The molecule has 3 rings (SSSR count). The molecule has 6 heteroatoms. The van der Waals surface area contributed by atoms with E-state index in [1.807, 2.05) is 44.2 Å². The van der Waals surface area contributed by atoms with Gasteiger partial charge in [-0.1, -0.05) is 24.3 Å². The molecule has 0 radical (unpaired) electrons. The van der Waals surface area contributed by atoms with Gasteiger partial charge in [0.15, 0.2) is 11.5 Å². The molecule has 0 bridgehead atoms. The van der Waals surface area contributed by atoms with E-state index < -0.39 is 5.97 Å². The number of para-hydroxylation sites is 4. The number of nitrogens with zero attached hydrogens (tertiary/aromatic N) is 2. The van der Waals surface area contributed by atoms with E-state index in [9.17, 15) is 9.59 Å². The summed E-state index contributed by atoms with van der Waals surface area (Å²) < 4.78 is 13.9. The van der Waals surface area contributed by atoms with Gasteiger partial charge < -0.3 is 9.47 Å². The number of carbonyl (C=O) groups excluding carboxylic acids is 1. The molecule has 6 nitrogen and oxygen atoms in total. The molecular weight excluding hydrogens is 320 g/mol. The molecule has 130 valence electrons. The average molecular weight is 340 g/mol. The van der Waals surface area contributed by atoms with Crippen molar-refractivity contribution in [1.82, 2.24) is 9.13 Å². The summed E-state index contributed by atoms with van der Waals surface area (Å²) in [5.41, 5.74) is 1.29. The van der Waals surface area contributed by atoms with Crippen LogP contribution in [0.3, 0.4) is 0 Å². The van der Waals surface area contributed by atoms with E-state index in [2.05, 4.69) is 0 Å². The highest BCUT2D eigenvalue weighted by Gasteiger charge is 2.16. The minimum Gasteiger partial charge on any atom is -0.490 e. The van der Waals surface area contributed by atoms with Gasteiger partial charge in [-0.25, -0.2) is 9.59 Å². The van der Waals surface area contributed by atoms with Crippen LogP contribution in [0.4, 0.5) is 0 Å². The van der Waals surface area contributed by atoms with Crippen LogP contribution in [0.2, 0.25) is 0 Å². The summed E-state index contributed by atoms with van der Waals surface area (Å²) in [7, 11) is 0. The number of ether oxygens (including phenoxy) is 2. The van der Waals surface area contributed by atoms with Crippen molar-refractivity contribution in [2.75, 3.05) is 6.61 Å². The van der Waals surface area contributed by atoms with Crippen molar-refractivity contribution >= 4 is 17.0 Å². The lowest BCUT2D eigenvalue weighted by Crippen LogP contribution is -2.28. The fourth-order valence-electron chi connectivity index (χ4n) is 2.82. The van der Waals surface area contributed by atoms with Gasteiger partial charge in [-0.2, -0.15) is 0 Å². The first-order valence-corrected chi connectivity index (χ1v) is 8.26. The Labute approximate surface area is 145 Å². The van der Waals surface area contributed by atoms with Crippen LogP contribution in [0.5, 0.6) is 11.5 Å². The van der Waals surface area contributed by atoms with Crippen molar-refractivity contribution in [3.05, 3.63) is 59.0 Å². The van der Waals surface area contributed by atoms with E-state index in [1.54, 1.807) is 22.8 Å². The molecular formula is C19H20N2O4. The van der Waals surface area contributed by atoms with Crippen LogP contribution >= 0.6 is 0 Å². The SMILES string of the molecule is CCOc1ccccc1OC(=O)Cn1c(=O)n(CC)c2ccccc21. The molecule has 0 saturated heterocycles. The third kappa shape index (κ3) is 3.28. The van der Waals surface area contributed by atoms with Crippen LogP contribution in [0.15, 0.2) is 53.3 Å². The van der Waals surface area contributed by atoms with Crippen molar-refractivity contribution in [2.45, 2.75) is 26.9 Å². The molecule has 0 aliphatic carbocycles. The Bertz CT molecular complexity index is 955. The lowest BCUT2D eigenvalue weighted by Gasteiger charge is -2.10. The van der Waals surface area contributed by atoms with Crippen LogP contribution in [-0.2, 0) is 17.9 Å². The number of rotatable bonds is 6. The predicted octanol–water partition coefficient (Wildman–Crippen LogP) is 2.83. The molecule has 0 aliphatic rings. The van der Waals surface area contributed by atoms with E-state index >= 15 is 0 Å². The molecule has 2 aromatic carbocycles. The van der Waals surface area contributed by atoms with Gasteiger partial charge >= 0.3 is 11.7 Å². The molecule has 3 aromatic rings. The second-order valence-corrected chi connectivity index (χ2v) is 5.46. The second kappa shape index (κ2) is 7.25. The smallest absolute Gasteiger partial charge is 0.331 e. The summed E-state index contributed by atoms with van der Waals surface area (Å²) in [5, 5.41) is 0. The van der Waals surface area contributed by atoms with Gasteiger partial charge in [0.2, 0.25) is 0 Å². The van der Waals surface area contributed by atoms with Crippen LogP contribution in [0.1, 0.15) is 13.8 Å². The summed E-state index contributed by atoms with van der Waals surface area (Å²) >= 11 is 0. The van der Waals surface area contributed by atoms with Crippen LogP contribution in [-0.4, -0.2) is 21.7 Å². The van der Waals surface area contributed by atoms with Crippen LogP contribution in [0.25, 0.3) is 11.0 Å². The number of hydrogen-bond donors (Lipinski definition) is 0. The summed E-state index contributed by atoms with van der Waals surface area (Å²) in [5.74, 6) is 0.330. The van der Waals surface area contributed by atoms with Crippen LogP contribution < -0.4 is 15.2 Å². The average Bonchev–Trinajstić information content (AvgIpc) is 2.88. The number of aromatic nitrogens is 2. The van der Waals surface area contributed by atoms with Crippen molar-refractivity contribution < 1.29 is 14.3 Å². The summed E-state index contributed by atoms with van der Waals surface area (Å²) in [6.45, 7) is 4.60. The second-order valence-electron chi connectivity index (χ2n) is 5.46. The van der Waals surface area contributed by atoms with Gasteiger partial charge in [0.1, 0.15) is 6.54 Å². The van der Waals surface area contributed by atoms with Crippen molar-refractivity contribution in [3.63, 3.8) is 0 Å². The molecule has 0 fully saturated rings. The molecule has 0 spiro atoms. The summed E-state index contributed by atoms with van der Waals surface area (Å²) in [4.78, 5) is 25.0. The van der Waals surface area contributed by atoms with Gasteiger partial charge in [-0.15, -0.1) is 0 Å².